The fraction of sp³-hybridized carbons (Fsp3) is 1.00. The zero-order valence-corrected chi connectivity index (χ0v) is 13.5. The maximum Gasteiger partial charge on any atom is 0.0927 e. The van der Waals surface area contributed by atoms with Gasteiger partial charge in [-0.25, -0.2) is 0 Å². The Labute approximate surface area is 121 Å². The van der Waals surface area contributed by atoms with Gasteiger partial charge in [-0.1, -0.05) is 52.4 Å². The Morgan fingerprint density at radius 3 is 2.11 bits per heavy atom. The number of rotatable bonds is 11. The molecule has 3 atom stereocenters. The smallest absolute Gasteiger partial charge is 0.0927 e. The number of halogens is 1. The van der Waals surface area contributed by atoms with Crippen LogP contribution in [0.2, 0.25) is 0 Å². The first-order chi connectivity index (χ1) is 8.45. The molecule has 0 saturated heterocycles. The zero-order chi connectivity index (χ0) is 14.0. The standard InChI is InChI=1S/C15H31BClN/c1-5-7-9-10-12-15(4,11-8-6-2)18-14(16)13(3)17/h13-14,18H,5-12H2,1-4H3. The molecule has 0 bridgehead atoms. The Morgan fingerprint density at radius 1 is 1.06 bits per heavy atom. The van der Waals surface area contributed by atoms with E-state index in [2.05, 4.69) is 26.1 Å². The van der Waals surface area contributed by atoms with Crippen LogP contribution in [0.4, 0.5) is 0 Å². The molecule has 0 spiro atoms. The summed E-state index contributed by atoms with van der Waals surface area (Å²) in [5.74, 6) is -0.111. The van der Waals surface area contributed by atoms with Crippen LogP contribution >= 0.6 is 11.6 Å². The zero-order valence-electron chi connectivity index (χ0n) is 12.8. The quantitative estimate of drug-likeness (QED) is 0.328. The maximum atomic E-state index is 6.06. The topological polar surface area (TPSA) is 12.0 Å². The highest BCUT2D eigenvalue weighted by Gasteiger charge is 2.25. The Bertz CT molecular complexity index is 199. The minimum atomic E-state index is -0.111. The van der Waals surface area contributed by atoms with Gasteiger partial charge in [-0.3, -0.25) is 0 Å². The van der Waals surface area contributed by atoms with Gasteiger partial charge in [0.05, 0.1) is 7.85 Å². The van der Waals surface area contributed by atoms with Gasteiger partial charge >= 0.3 is 0 Å². The molecule has 0 amide bonds. The minimum Gasteiger partial charge on any atom is -0.316 e. The molecule has 2 radical (unpaired) electrons. The predicted molar refractivity (Wildman–Crippen MR) is 84.7 cm³/mol. The normalized spacial score (nSPS) is 18.3. The number of hydrogen-bond acceptors (Lipinski definition) is 1. The lowest BCUT2D eigenvalue weighted by molar-refractivity contribution is 0.280. The first-order valence-electron chi connectivity index (χ1n) is 7.62. The third kappa shape index (κ3) is 8.42. The van der Waals surface area contributed by atoms with Crippen molar-refractivity contribution in [2.24, 2.45) is 0 Å². The van der Waals surface area contributed by atoms with Crippen molar-refractivity contribution in [2.75, 3.05) is 0 Å². The van der Waals surface area contributed by atoms with E-state index >= 15 is 0 Å². The molecule has 0 aromatic heterocycles. The van der Waals surface area contributed by atoms with Gasteiger partial charge in [0.15, 0.2) is 0 Å². The van der Waals surface area contributed by atoms with Crippen molar-refractivity contribution in [1.82, 2.24) is 5.32 Å². The fourth-order valence-electron chi connectivity index (χ4n) is 2.30. The van der Waals surface area contributed by atoms with E-state index in [-0.39, 0.29) is 16.9 Å². The van der Waals surface area contributed by atoms with Gasteiger partial charge < -0.3 is 5.32 Å². The third-order valence-electron chi connectivity index (χ3n) is 3.67. The van der Waals surface area contributed by atoms with Gasteiger partial charge in [0, 0.05) is 10.9 Å². The largest absolute Gasteiger partial charge is 0.316 e. The van der Waals surface area contributed by atoms with Crippen molar-refractivity contribution in [2.45, 2.75) is 95.9 Å². The lowest BCUT2D eigenvalue weighted by Crippen LogP contribution is -2.51. The Hall–Kier alpha value is 0.315. The molecule has 3 unspecified atom stereocenters. The summed E-state index contributed by atoms with van der Waals surface area (Å²) in [6, 6.07) is 0. The van der Waals surface area contributed by atoms with E-state index in [4.69, 9.17) is 19.4 Å². The number of alkyl halides is 1. The first kappa shape index (κ1) is 18.3. The summed E-state index contributed by atoms with van der Waals surface area (Å²) >= 11 is 6.06. The van der Waals surface area contributed by atoms with Crippen molar-refractivity contribution in [1.29, 1.82) is 0 Å². The summed E-state index contributed by atoms with van der Waals surface area (Å²) < 4.78 is 0. The summed E-state index contributed by atoms with van der Waals surface area (Å²) in [5, 5.41) is 3.52. The lowest BCUT2D eigenvalue weighted by Gasteiger charge is -2.36. The molecule has 0 heterocycles. The summed E-state index contributed by atoms with van der Waals surface area (Å²) in [4.78, 5) is 0. The van der Waals surface area contributed by atoms with E-state index < -0.39 is 0 Å². The molecule has 0 fully saturated rings. The highest BCUT2D eigenvalue weighted by atomic mass is 35.5. The number of nitrogens with one attached hydrogen (secondary N) is 1. The van der Waals surface area contributed by atoms with Crippen molar-refractivity contribution in [3.8, 4) is 0 Å². The van der Waals surface area contributed by atoms with Crippen LogP contribution in [0.3, 0.4) is 0 Å². The number of hydrogen-bond donors (Lipinski definition) is 1. The van der Waals surface area contributed by atoms with E-state index in [1.807, 2.05) is 6.92 Å². The minimum absolute atomic E-state index is 0.0263. The van der Waals surface area contributed by atoms with Crippen LogP contribution in [0.25, 0.3) is 0 Å². The molecule has 18 heavy (non-hydrogen) atoms. The molecule has 0 saturated carbocycles. The average molecular weight is 272 g/mol. The highest BCUT2D eigenvalue weighted by molar-refractivity contribution is 6.26. The van der Waals surface area contributed by atoms with Crippen LogP contribution in [0.1, 0.15) is 79.1 Å². The molecular formula is C15H31BClN. The van der Waals surface area contributed by atoms with Crippen LogP contribution in [0, 0.1) is 0 Å². The molecule has 0 aromatic carbocycles. The summed E-state index contributed by atoms with van der Waals surface area (Å²) in [6.45, 7) is 8.74. The van der Waals surface area contributed by atoms with Gasteiger partial charge in [-0.05, 0) is 32.6 Å². The second kappa shape index (κ2) is 10.1. The predicted octanol–water partition coefficient (Wildman–Crippen LogP) is 4.62. The van der Waals surface area contributed by atoms with E-state index in [1.165, 1.54) is 51.4 Å². The molecule has 1 N–H and O–H groups in total. The monoisotopic (exact) mass is 271 g/mol. The average Bonchev–Trinajstić information content (AvgIpc) is 2.32. The van der Waals surface area contributed by atoms with E-state index in [9.17, 15) is 0 Å². The van der Waals surface area contributed by atoms with Crippen LogP contribution in [-0.4, -0.2) is 24.7 Å². The maximum absolute atomic E-state index is 6.06. The van der Waals surface area contributed by atoms with Crippen molar-refractivity contribution in [3.05, 3.63) is 0 Å². The molecule has 0 aliphatic carbocycles. The molecular weight excluding hydrogens is 240 g/mol. The second-order valence-electron chi connectivity index (χ2n) is 5.82. The Balaban J connectivity index is 4.23. The highest BCUT2D eigenvalue weighted by Crippen LogP contribution is 2.23. The SMILES string of the molecule is [B]C(NC(C)(CCCC)CCCCCC)C(C)Cl. The Kier molecular flexibility index (Phi) is 10.3. The van der Waals surface area contributed by atoms with Gasteiger partial charge in [-0.15, -0.1) is 11.6 Å². The molecule has 106 valence electrons. The molecule has 0 aliphatic heterocycles. The van der Waals surface area contributed by atoms with E-state index in [1.54, 1.807) is 0 Å². The molecule has 3 heteroatoms. The molecule has 1 nitrogen and oxygen atoms in total. The van der Waals surface area contributed by atoms with Crippen molar-refractivity contribution < 1.29 is 0 Å². The van der Waals surface area contributed by atoms with Crippen molar-refractivity contribution >= 4 is 19.4 Å². The molecule has 0 rings (SSSR count). The van der Waals surface area contributed by atoms with Crippen LogP contribution in [-0.2, 0) is 0 Å². The van der Waals surface area contributed by atoms with Crippen LogP contribution < -0.4 is 5.32 Å². The van der Waals surface area contributed by atoms with Crippen LogP contribution in [0.15, 0.2) is 0 Å². The van der Waals surface area contributed by atoms with Gasteiger partial charge in [-0.2, -0.15) is 0 Å². The Morgan fingerprint density at radius 2 is 1.61 bits per heavy atom. The van der Waals surface area contributed by atoms with Gasteiger partial charge in [0.25, 0.3) is 0 Å². The fourth-order valence-corrected chi connectivity index (χ4v) is 2.36. The summed E-state index contributed by atoms with van der Waals surface area (Å²) in [5.41, 5.74) is 0.145. The second-order valence-corrected chi connectivity index (χ2v) is 6.51. The van der Waals surface area contributed by atoms with Gasteiger partial charge in [0.2, 0.25) is 0 Å². The lowest BCUT2D eigenvalue weighted by atomic mass is 9.83. The van der Waals surface area contributed by atoms with E-state index in [0.717, 1.165) is 0 Å². The molecule has 0 aromatic rings. The number of unbranched alkanes of at least 4 members (excludes halogenated alkanes) is 4. The first-order valence-corrected chi connectivity index (χ1v) is 8.06. The summed E-state index contributed by atoms with van der Waals surface area (Å²) in [6.07, 6.45) is 10.1. The van der Waals surface area contributed by atoms with Crippen molar-refractivity contribution in [3.63, 3.8) is 0 Å². The molecule has 0 aliphatic rings. The van der Waals surface area contributed by atoms with E-state index in [0.29, 0.717) is 0 Å². The third-order valence-corrected chi connectivity index (χ3v) is 3.95. The van der Waals surface area contributed by atoms with Crippen LogP contribution in [0.5, 0.6) is 0 Å². The van der Waals surface area contributed by atoms with Gasteiger partial charge in [0.1, 0.15) is 0 Å². The summed E-state index contributed by atoms with van der Waals surface area (Å²) in [7, 11) is 6.06.